The molecule has 0 saturated carbocycles. The van der Waals surface area contributed by atoms with Crippen molar-refractivity contribution in [2.75, 3.05) is 49.7 Å². The molecule has 2 saturated heterocycles. The van der Waals surface area contributed by atoms with Crippen molar-refractivity contribution in [1.82, 2.24) is 4.90 Å². The lowest BCUT2D eigenvalue weighted by Crippen LogP contribution is -2.41. The summed E-state index contributed by atoms with van der Waals surface area (Å²) >= 11 is 1.45. The summed E-state index contributed by atoms with van der Waals surface area (Å²) in [6.45, 7) is 3.73. The monoisotopic (exact) mass is 429 g/mol. The minimum Gasteiger partial charge on any atom is -0.442 e. The van der Waals surface area contributed by atoms with E-state index < -0.39 is 12.2 Å². The first-order valence-corrected chi connectivity index (χ1v) is 10.5. The van der Waals surface area contributed by atoms with E-state index in [0.29, 0.717) is 36.8 Å². The number of aryl methyl sites for hydroxylation is 1. The quantitative estimate of drug-likeness (QED) is 0.730. The van der Waals surface area contributed by atoms with Gasteiger partial charge in [0.1, 0.15) is 12.7 Å². The van der Waals surface area contributed by atoms with Crippen LogP contribution in [-0.2, 0) is 14.3 Å². The van der Waals surface area contributed by atoms with Crippen LogP contribution in [0.1, 0.15) is 14.5 Å². The normalized spacial score (nSPS) is 19.2. The number of benzene rings is 1. The van der Waals surface area contributed by atoms with Gasteiger partial charge in [0, 0.05) is 29.8 Å². The number of amides is 3. The predicted molar refractivity (Wildman–Crippen MR) is 113 cm³/mol. The molecule has 158 valence electrons. The van der Waals surface area contributed by atoms with E-state index in [2.05, 4.69) is 0 Å². The molecule has 1 aromatic carbocycles. The average Bonchev–Trinajstić information content (AvgIpc) is 3.33. The predicted octanol–water partition coefficient (Wildman–Crippen LogP) is 2.52. The Labute approximate surface area is 178 Å². The van der Waals surface area contributed by atoms with Gasteiger partial charge in [0.15, 0.2) is 0 Å². The third-order valence-electron chi connectivity index (χ3n) is 5.11. The number of carbonyl (C=O) groups excluding carboxylic acids is 3. The van der Waals surface area contributed by atoms with Gasteiger partial charge in [-0.15, -0.1) is 11.3 Å². The Hall–Kier alpha value is -2.91. The molecule has 1 aromatic heterocycles. The zero-order valence-corrected chi connectivity index (χ0v) is 17.7. The number of hydrogen-bond acceptors (Lipinski definition) is 6. The average molecular weight is 429 g/mol. The number of cyclic esters (lactones) is 1. The summed E-state index contributed by atoms with van der Waals surface area (Å²) in [6.07, 6.45) is -0.851. The third-order valence-corrected chi connectivity index (χ3v) is 6.10. The van der Waals surface area contributed by atoms with E-state index in [0.717, 1.165) is 10.6 Å². The molecule has 2 aliphatic heterocycles. The summed E-state index contributed by atoms with van der Waals surface area (Å²) in [5, 5.41) is 0. The lowest BCUT2D eigenvalue weighted by atomic mass is 10.2. The van der Waals surface area contributed by atoms with Crippen LogP contribution in [0.4, 0.5) is 16.2 Å². The van der Waals surface area contributed by atoms with E-state index in [1.54, 1.807) is 33.9 Å². The molecule has 3 heterocycles. The number of hydrogen-bond donors (Lipinski definition) is 0. The van der Waals surface area contributed by atoms with Crippen LogP contribution in [0.5, 0.6) is 0 Å². The van der Waals surface area contributed by atoms with Gasteiger partial charge in [0.2, 0.25) is 0 Å². The standard InChI is InChI=1S/C21H23N3O5S/c1-14-3-8-18(30-14)20(26)22(2)11-17-12-24(21(27)29-17)16-6-4-15(5-7-16)23-9-10-28-13-19(23)25/h3-8,17H,9-13H2,1-2H3. The molecule has 1 atom stereocenters. The Bertz CT molecular complexity index is 958. The fourth-order valence-electron chi connectivity index (χ4n) is 3.56. The molecule has 30 heavy (non-hydrogen) atoms. The van der Waals surface area contributed by atoms with Crippen LogP contribution in [0.2, 0.25) is 0 Å². The minimum atomic E-state index is -0.442. The van der Waals surface area contributed by atoms with Gasteiger partial charge < -0.3 is 19.3 Å². The Morgan fingerprint density at radius 2 is 1.83 bits per heavy atom. The number of carbonyl (C=O) groups is 3. The number of anilines is 2. The minimum absolute atomic E-state index is 0.0803. The van der Waals surface area contributed by atoms with Crippen molar-refractivity contribution in [2.45, 2.75) is 13.0 Å². The number of morpholine rings is 1. The van der Waals surface area contributed by atoms with Gasteiger partial charge in [0.05, 0.1) is 24.6 Å². The molecule has 0 aliphatic carbocycles. The number of nitrogens with zero attached hydrogens (tertiary/aromatic N) is 3. The second-order valence-corrected chi connectivity index (χ2v) is 8.61. The maximum atomic E-state index is 12.5. The number of rotatable bonds is 5. The van der Waals surface area contributed by atoms with Crippen molar-refractivity contribution in [3.8, 4) is 0 Å². The molecule has 2 fully saturated rings. The Morgan fingerprint density at radius 1 is 1.13 bits per heavy atom. The second kappa shape index (κ2) is 8.45. The van der Waals surface area contributed by atoms with Crippen LogP contribution in [0, 0.1) is 6.92 Å². The van der Waals surface area contributed by atoms with Gasteiger partial charge in [0.25, 0.3) is 11.8 Å². The molecule has 4 rings (SSSR count). The van der Waals surface area contributed by atoms with E-state index in [1.807, 2.05) is 31.2 Å². The first-order valence-electron chi connectivity index (χ1n) is 9.70. The van der Waals surface area contributed by atoms with E-state index in [9.17, 15) is 14.4 Å². The highest BCUT2D eigenvalue weighted by molar-refractivity contribution is 7.13. The fraction of sp³-hybridized carbons (Fsp3) is 0.381. The van der Waals surface area contributed by atoms with Crippen LogP contribution in [0.15, 0.2) is 36.4 Å². The van der Waals surface area contributed by atoms with Crippen molar-refractivity contribution in [1.29, 1.82) is 0 Å². The van der Waals surface area contributed by atoms with E-state index in [-0.39, 0.29) is 18.4 Å². The molecule has 1 unspecified atom stereocenters. The first kappa shape index (κ1) is 20.4. The molecule has 2 aromatic rings. The van der Waals surface area contributed by atoms with E-state index in [4.69, 9.17) is 9.47 Å². The van der Waals surface area contributed by atoms with E-state index >= 15 is 0 Å². The van der Waals surface area contributed by atoms with Crippen molar-refractivity contribution in [3.05, 3.63) is 46.2 Å². The smallest absolute Gasteiger partial charge is 0.414 e. The summed E-state index contributed by atoms with van der Waals surface area (Å²) in [5.74, 6) is -0.162. The molecule has 8 nitrogen and oxygen atoms in total. The maximum absolute atomic E-state index is 12.5. The summed E-state index contributed by atoms with van der Waals surface area (Å²) in [5.41, 5.74) is 1.46. The Balaban J connectivity index is 1.38. The highest BCUT2D eigenvalue weighted by Crippen LogP contribution is 2.26. The van der Waals surface area contributed by atoms with E-state index in [1.165, 1.54) is 11.3 Å². The van der Waals surface area contributed by atoms with Crippen LogP contribution < -0.4 is 9.80 Å². The van der Waals surface area contributed by atoms with Gasteiger partial charge in [-0.3, -0.25) is 14.5 Å². The van der Waals surface area contributed by atoms with Gasteiger partial charge in [-0.1, -0.05) is 0 Å². The van der Waals surface area contributed by atoms with Gasteiger partial charge in [-0.05, 0) is 43.3 Å². The topological polar surface area (TPSA) is 79.4 Å². The molecule has 9 heteroatoms. The maximum Gasteiger partial charge on any atom is 0.414 e. The van der Waals surface area contributed by atoms with Crippen LogP contribution in [0.3, 0.4) is 0 Å². The van der Waals surface area contributed by atoms with Crippen LogP contribution >= 0.6 is 11.3 Å². The fourth-order valence-corrected chi connectivity index (χ4v) is 4.42. The Kier molecular flexibility index (Phi) is 5.74. The van der Waals surface area contributed by atoms with Crippen LogP contribution in [0.25, 0.3) is 0 Å². The highest BCUT2D eigenvalue weighted by Gasteiger charge is 2.34. The van der Waals surface area contributed by atoms with Crippen molar-refractivity contribution < 1.29 is 23.9 Å². The SMILES string of the molecule is Cc1ccc(C(=O)N(C)CC2CN(c3ccc(N4CCOCC4=O)cc3)C(=O)O2)s1. The molecule has 2 aliphatic rings. The highest BCUT2D eigenvalue weighted by atomic mass is 32.1. The second-order valence-electron chi connectivity index (χ2n) is 7.33. The van der Waals surface area contributed by atoms with Gasteiger partial charge in [-0.2, -0.15) is 0 Å². The molecule has 0 bridgehead atoms. The molecule has 0 radical (unpaired) electrons. The molecule has 3 amide bonds. The molecular formula is C21H23N3O5S. The van der Waals surface area contributed by atoms with Gasteiger partial charge >= 0.3 is 6.09 Å². The summed E-state index contributed by atoms with van der Waals surface area (Å²) in [7, 11) is 1.71. The molecule has 0 N–H and O–H groups in total. The van der Waals surface area contributed by atoms with Crippen LogP contribution in [-0.4, -0.2) is 68.8 Å². The lowest BCUT2D eigenvalue weighted by molar-refractivity contribution is -0.125. The summed E-state index contributed by atoms with van der Waals surface area (Å²) in [4.78, 5) is 43.4. The number of ether oxygens (including phenoxy) is 2. The van der Waals surface area contributed by atoms with Crippen molar-refractivity contribution in [3.63, 3.8) is 0 Å². The molecular weight excluding hydrogens is 406 g/mol. The molecule has 0 spiro atoms. The zero-order valence-electron chi connectivity index (χ0n) is 16.9. The Morgan fingerprint density at radius 3 is 2.47 bits per heavy atom. The summed E-state index contributed by atoms with van der Waals surface area (Å²) < 4.78 is 10.6. The largest absolute Gasteiger partial charge is 0.442 e. The number of thiophene rings is 1. The summed E-state index contributed by atoms with van der Waals surface area (Å²) in [6, 6.07) is 10.9. The van der Waals surface area contributed by atoms with Gasteiger partial charge in [-0.25, -0.2) is 4.79 Å². The first-order chi connectivity index (χ1) is 14.4. The van der Waals surface area contributed by atoms with Crippen molar-refractivity contribution in [2.24, 2.45) is 0 Å². The van der Waals surface area contributed by atoms with Crippen molar-refractivity contribution >= 4 is 40.6 Å². The lowest BCUT2D eigenvalue weighted by Gasteiger charge is -2.27. The zero-order chi connectivity index (χ0) is 21.3. The number of likely N-dealkylation sites (N-methyl/N-ethyl adjacent to an activating group) is 1. The third kappa shape index (κ3) is 4.17.